The van der Waals surface area contributed by atoms with Gasteiger partial charge in [0.2, 0.25) is 11.8 Å². The number of halogens is 1. The van der Waals surface area contributed by atoms with Crippen LogP contribution in [0.5, 0.6) is 5.75 Å². The third kappa shape index (κ3) is 5.24. The molecule has 0 aliphatic carbocycles. The molecule has 2 amide bonds. The van der Waals surface area contributed by atoms with E-state index in [9.17, 15) is 9.59 Å². The lowest BCUT2D eigenvalue weighted by Gasteiger charge is -2.19. The molecule has 0 unspecified atom stereocenters. The molecular formula is C23H22ClN3O3S. The van der Waals surface area contributed by atoms with Gasteiger partial charge >= 0.3 is 0 Å². The van der Waals surface area contributed by atoms with E-state index in [1.807, 2.05) is 35.7 Å². The van der Waals surface area contributed by atoms with Crippen molar-refractivity contribution in [3.8, 4) is 5.75 Å². The Morgan fingerprint density at radius 3 is 2.90 bits per heavy atom. The molecule has 0 saturated carbocycles. The predicted octanol–water partition coefficient (Wildman–Crippen LogP) is 4.70. The van der Waals surface area contributed by atoms with Crippen LogP contribution in [0.2, 0.25) is 5.02 Å². The Labute approximate surface area is 189 Å². The van der Waals surface area contributed by atoms with Crippen molar-refractivity contribution < 1.29 is 14.3 Å². The van der Waals surface area contributed by atoms with E-state index in [-0.39, 0.29) is 18.2 Å². The highest BCUT2D eigenvalue weighted by Crippen LogP contribution is 2.33. The van der Waals surface area contributed by atoms with Gasteiger partial charge in [0.1, 0.15) is 5.75 Å². The molecule has 4 rings (SSSR count). The van der Waals surface area contributed by atoms with E-state index in [2.05, 4.69) is 10.3 Å². The molecule has 2 aromatic carbocycles. The van der Waals surface area contributed by atoms with E-state index in [0.717, 1.165) is 28.4 Å². The van der Waals surface area contributed by atoms with E-state index < -0.39 is 0 Å². The Bertz CT molecular complexity index is 1110. The Hall–Kier alpha value is -2.90. The molecule has 1 aliphatic rings. The number of methoxy groups -OCH3 is 1. The number of rotatable bonds is 7. The molecular weight excluding hydrogens is 434 g/mol. The maximum absolute atomic E-state index is 12.5. The standard InChI is InChI=1S/C23H22ClN3O3S/c1-30-20-12-17(7-8-19(20)27-9-3-6-23(27)29)25-21(28)13-18-14-31-22(26-18)11-15-4-2-5-16(24)10-15/h2,4-5,7-8,10,12,14H,3,6,9,11,13H2,1H3,(H,25,28). The van der Waals surface area contributed by atoms with Crippen LogP contribution in [-0.4, -0.2) is 30.5 Å². The smallest absolute Gasteiger partial charge is 0.230 e. The normalized spacial score (nSPS) is 13.5. The summed E-state index contributed by atoms with van der Waals surface area (Å²) in [5, 5.41) is 6.43. The van der Waals surface area contributed by atoms with E-state index >= 15 is 0 Å². The van der Waals surface area contributed by atoms with Crippen molar-refractivity contribution >= 4 is 46.1 Å². The first-order valence-electron chi connectivity index (χ1n) is 9.98. The minimum Gasteiger partial charge on any atom is -0.494 e. The number of hydrogen-bond acceptors (Lipinski definition) is 5. The summed E-state index contributed by atoms with van der Waals surface area (Å²) in [5.74, 6) is 0.490. The van der Waals surface area contributed by atoms with Crippen LogP contribution in [0.1, 0.15) is 29.1 Å². The monoisotopic (exact) mass is 455 g/mol. The summed E-state index contributed by atoms with van der Waals surface area (Å²) in [6, 6.07) is 13.0. The molecule has 0 radical (unpaired) electrons. The largest absolute Gasteiger partial charge is 0.494 e. The molecule has 31 heavy (non-hydrogen) atoms. The molecule has 160 valence electrons. The van der Waals surface area contributed by atoms with Crippen LogP contribution in [0.15, 0.2) is 47.8 Å². The second kappa shape index (κ2) is 9.49. The fraction of sp³-hybridized carbons (Fsp3) is 0.261. The quantitative estimate of drug-likeness (QED) is 0.560. The summed E-state index contributed by atoms with van der Waals surface area (Å²) in [5.41, 5.74) is 3.16. The lowest BCUT2D eigenvalue weighted by Crippen LogP contribution is -2.24. The first kappa shape index (κ1) is 21.3. The second-order valence-electron chi connectivity index (χ2n) is 7.30. The third-order valence-electron chi connectivity index (χ3n) is 5.01. The summed E-state index contributed by atoms with van der Waals surface area (Å²) in [4.78, 5) is 30.8. The number of benzene rings is 2. The zero-order valence-corrected chi connectivity index (χ0v) is 18.6. The number of nitrogens with zero attached hydrogens (tertiary/aromatic N) is 2. The Kier molecular flexibility index (Phi) is 6.53. The van der Waals surface area contributed by atoms with Crippen molar-refractivity contribution in [2.45, 2.75) is 25.7 Å². The van der Waals surface area contributed by atoms with E-state index in [1.165, 1.54) is 11.3 Å². The number of thiazole rings is 1. The summed E-state index contributed by atoms with van der Waals surface area (Å²) in [6.45, 7) is 0.683. The van der Waals surface area contributed by atoms with Crippen molar-refractivity contribution in [2.24, 2.45) is 0 Å². The van der Waals surface area contributed by atoms with Crippen molar-refractivity contribution in [1.82, 2.24) is 4.98 Å². The highest BCUT2D eigenvalue weighted by Gasteiger charge is 2.24. The van der Waals surface area contributed by atoms with Gasteiger partial charge in [0.05, 0.1) is 29.9 Å². The number of amides is 2. The fourth-order valence-electron chi connectivity index (χ4n) is 3.58. The van der Waals surface area contributed by atoms with E-state index in [4.69, 9.17) is 16.3 Å². The topological polar surface area (TPSA) is 71.5 Å². The molecule has 3 aromatic rings. The minimum atomic E-state index is -0.161. The minimum absolute atomic E-state index is 0.0900. The van der Waals surface area contributed by atoms with Crippen molar-refractivity contribution in [3.63, 3.8) is 0 Å². The Morgan fingerprint density at radius 2 is 2.16 bits per heavy atom. The van der Waals surface area contributed by atoms with Crippen molar-refractivity contribution in [1.29, 1.82) is 0 Å². The average Bonchev–Trinajstić information content (AvgIpc) is 3.36. The van der Waals surface area contributed by atoms with Crippen LogP contribution >= 0.6 is 22.9 Å². The number of anilines is 2. The molecule has 0 atom stereocenters. The first-order valence-corrected chi connectivity index (χ1v) is 11.2. The van der Waals surface area contributed by atoms with Crippen LogP contribution in [0.4, 0.5) is 11.4 Å². The van der Waals surface area contributed by atoms with Gasteiger partial charge in [-0.05, 0) is 36.2 Å². The predicted molar refractivity (Wildman–Crippen MR) is 123 cm³/mol. The summed E-state index contributed by atoms with van der Waals surface area (Å²) >= 11 is 7.57. The van der Waals surface area contributed by atoms with Gasteiger partial charge in [-0.15, -0.1) is 11.3 Å². The SMILES string of the molecule is COc1cc(NC(=O)Cc2csc(Cc3cccc(Cl)c3)n2)ccc1N1CCCC1=O. The van der Waals surface area contributed by atoms with Crippen LogP contribution < -0.4 is 15.0 Å². The molecule has 6 nitrogen and oxygen atoms in total. The highest BCUT2D eigenvalue weighted by atomic mass is 35.5. The number of nitrogens with one attached hydrogen (secondary N) is 1. The van der Waals surface area contributed by atoms with Gasteiger partial charge in [-0.3, -0.25) is 9.59 Å². The molecule has 0 bridgehead atoms. The lowest BCUT2D eigenvalue weighted by atomic mass is 10.2. The molecule has 0 spiro atoms. The van der Waals surface area contributed by atoms with Gasteiger partial charge in [0, 0.05) is 41.5 Å². The number of carbonyl (C=O) groups excluding carboxylic acids is 2. The van der Waals surface area contributed by atoms with Crippen LogP contribution in [0, 0.1) is 0 Å². The zero-order valence-electron chi connectivity index (χ0n) is 17.1. The van der Waals surface area contributed by atoms with Gasteiger partial charge in [0.15, 0.2) is 0 Å². The summed E-state index contributed by atoms with van der Waals surface area (Å²) in [7, 11) is 1.56. The second-order valence-corrected chi connectivity index (χ2v) is 8.68. The average molecular weight is 456 g/mol. The van der Waals surface area contributed by atoms with Gasteiger partial charge in [-0.1, -0.05) is 23.7 Å². The van der Waals surface area contributed by atoms with E-state index in [0.29, 0.717) is 35.8 Å². The molecule has 2 heterocycles. The summed E-state index contributed by atoms with van der Waals surface area (Å²) in [6.07, 6.45) is 2.25. The van der Waals surface area contributed by atoms with E-state index in [1.54, 1.807) is 24.1 Å². The molecule has 1 fully saturated rings. The van der Waals surface area contributed by atoms with Gasteiger partial charge < -0.3 is 15.0 Å². The molecule has 8 heteroatoms. The third-order valence-corrected chi connectivity index (χ3v) is 6.15. The van der Waals surface area contributed by atoms with Gasteiger partial charge in [-0.25, -0.2) is 4.98 Å². The lowest BCUT2D eigenvalue weighted by molar-refractivity contribution is -0.117. The van der Waals surface area contributed by atoms with Gasteiger partial charge in [0.25, 0.3) is 0 Å². The molecule has 1 saturated heterocycles. The zero-order chi connectivity index (χ0) is 21.8. The first-order chi connectivity index (χ1) is 15.0. The maximum Gasteiger partial charge on any atom is 0.230 e. The van der Waals surface area contributed by atoms with Crippen LogP contribution in [-0.2, 0) is 22.4 Å². The van der Waals surface area contributed by atoms with Crippen molar-refractivity contribution in [2.75, 3.05) is 23.9 Å². The molecule has 1 aliphatic heterocycles. The van der Waals surface area contributed by atoms with Crippen LogP contribution in [0.3, 0.4) is 0 Å². The highest BCUT2D eigenvalue weighted by molar-refractivity contribution is 7.09. The number of carbonyl (C=O) groups is 2. The number of ether oxygens (including phenoxy) is 1. The van der Waals surface area contributed by atoms with Gasteiger partial charge in [-0.2, -0.15) is 0 Å². The summed E-state index contributed by atoms with van der Waals surface area (Å²) < 4.78 is 5.45. The van der Waals surface area contributed by atoms with Crippen LogP contribution in [0.25, 0.3) is 0 Å². The Morgan fingerprint density at radius 1 is 1.29 bits per heavy atom. The van der Waals surface area contributed by atoms with Crippen molar-refractivity contribution in [3.05, 3.63) is 69.1 Å². The number of hydrogen-bond donors (Lipinski definition) is 1. The molecule has 1 N–H and O–H groups in total. The molecule has 1 aromatic heterocycles. The fourth-order valence-corrected chi connectivity index (χ4v) is 4.62. The number of aromatic nitrogens is 1. The Balaban J connectivity index is 1.39. The maximum atomic E-state index is 12.5.